The lowest BCUT2D eigenvalue weighted by molar-refractivity contribution is -0.0222. The third kappa shape index (κ3) is 4.95. The zero-order chi connectivity index (χ0) is 14.4. The molecule has 0 radical (unpaired) electrons. The molecule has 0 spiro atoms. The van der Waals surface area contributed by atoms with Gasteiger partial charge in [0.15, 0.2) is 0 Å². The van der Waals surface area contributed by atoms with Crippen LogP contribution in [0.5, 0.6) is 0 Å². The first-order valence-corrected chi connectivity index (χ1v) is 8.05. The fourth-order valence-corrected chi connectivity index (χ4v) is 2.80. The minimum atomic E-state index is 0.413. The first-order chi connectivity index (χ1) is 9.65. The third-order valence-electron chi connectivity index (χ3n) is 4.04. The van der Waals surface area contributed by atoms with Crippen molar-refractivity contribution in [1.82, 2.24) is 5.32 Å². The number of hydrogen-bond acceptors (Lipinski definition) is 3. The lowest BCUT2D eigenvalue weighted by Crippen LogP contribution is -2.25. The number of nitrogens with one attached hydrogen (secondary N) is 1. The SMILES string of the molecule is CC(C)CNCc1ccc(COC2CCCCC2C)o1. The summed E-state index contributed by atoms with van der Waals surface area (Å²) in [4.78, 5) is 0. The third-order valence-corrected chi connectivity index (χ3v) is 4.04. The van der Waals surface area contributed by atoms with Crippen LogP contribution in [0.2, 0.25) is 0 Å². The fourth-order valence-electron chi connectivity index (χ4n) is 2.80. The maximum atomic E-state index is 6.02. The van der Waals surface area contributed by atoms with E-state index in [1.54, 1.807) is 0 Å². The van der Waals surface area contributed by atoms with Gasteiger partial charge in [-0.1, -0.05) is 33.6 Å². The standard InChI is InChI=1S/C17H29NO2/c1-13(2)10-18-11-15-8-9-16(20-15)12-19-17-7-5-4-6-14(17)3/h8-9,13-14,17-18H,4-7,10-12H2,1-3H3. The van der Waals surface area contributed by atoms with Crippen LogP contribution in [0, 0.1) is 11.8 Å². The highest BCUT2D eigenvalue weighted by atomic mass is 16.5. The van der Waals surface area contributed by atoms with Crippen LogP contribution >= 0.6 is 0 Å². The second-order valence-electron chi connectivity index (χ2n) is 6.50. The lowest BCUT2D eigenvalue weighted by atomic mass is 9.88. The zero-order valence-electron chi connectivity index (χ0n) is 13.2. The Morgan fingerprint density at radius 2 is 2.00 bits per heavy atom. The Hall–Kier alpha value is -0.800. The van der Waals surface area contributed by atoms with Crippen molar-refractivity contribution in [3.05, 3.63) is 23.7 Å². The maximum Gasteiger partial charge on any atom is 0.129 e. The monoisotopic (exact) mass is 279 g/mol. The summed E-state index contributed by atoms with van der Waals surface area (Å²) in [7, 11) is 0. The molecule has 3 heteroatoms. The minimum Gasteiger partial charge on any atom is -0.462 e. The van der Waals surface area contributed by atoms with E-state index < -0.39 is 0 Å². The highest BCUT2D eigenvalue weighted by molar-refractivity contribution is 5.06. The highest BCUT2D eigenvalue weighted by Gasteiger charge is 2.22. The molecule has 114 valence electrons. The molecule has 1 heterocycles. The van der Waals surface area contributed by atoms with E-state index in [0.717, 1.165) is 24.6 Å². The molecule has 0 amide bonds. The van der Waals surface area contributed by atoms with E-state index in [2.05, 4.69) is 32.2 Å². The number of ether oxygens (including phenoxy) is 1. The van der Waals surface area contributed by atoms with Crippen LogP contribution < -0.4 is 5.32 Å². The molecule has 1 fully saturated rings. The normalized spacial score (nSPS) is 23.4. The Labute approximate surface area is 123 Å². The largest absolute Gasteiger partial charge is 0.462 e. The molecule has 1 aliphatic rings. The van der Waals surface area contributed by atoms with Crippen LogP contribution in [0.1, 0.15) is 58.0 Å². The van der Waals surface area contributed by atoms with Gasteiger partial charge in [-0.15, -0.1) is 0 Å². The number of furan rings is 1. The first kappa shape index (κ1) is 15.6. The Balaban J connectivity index is 1.72. The van der Waals surface area contributed by atoms with Gasteiger partial charge in [0.05, 0.1) is 12.6 Å². The average molecular weight is 279 g/mol. The van der Waals surface area contributed by atoms with Crippen molar-refractivity contribution in [2.75, 3.05) is 6.54 Å². The van der Waals surface area contributed by atoms with Crippen LogP contribution in [0.4, 0.5) is 0 Å². The van der Waals surface area contributed by atoms with Crippen molar-refractivity contribution in [2.45, 2.75) is 65.7 Å². The summed E-state index contributed by atoms with van der Waals surface area (Å²) in [6.45, 7) is 9.15. The van der Waals surface area contributed by atoms with E-state index in [-0.39, 0.29) is 0 Å². The fraction of sp³-hybridized carbons (Fsp3) is 0.765. The summed E-state index contributed by atoms with van der Waals surface area (Å²) >= 11 is 0. The smallest absolute Gasteiger partial charge is 0.129 e. The molecule has 1 aliphatic carbocycles. The predicted octanol–water partition coefficient (Wildman–Crippen LogP) is 4.12. The molecule has 1 aromatic rings. The minimum absolute atomic E-state index is 0.413. The van der Waals surface area contributed by atoms with Crippen LogP contribution in [0.3, 0.4) is 0 Å². The summed E-state index contributed by atoms with van der Waals surface area (Å²) < 4.78 is 11.8. The van der Waals surface area contributed by atoms with E-state index in [9.17, 15) is 0 Å². The van der Waals surface area contributed by atoms with Crippen molar-refractivity contribution in [3.63, 3.8) is 0 Å². The van der Waals surface area contributed by atoms with Gasteiger partial charge in [-0.05, 0) is 43.4 Å². The van der Waals surface area contributed by atoms with Crippen molar-refractivity contribution < 1.29 is 9.15 Å². The first-order valence-electron chi connectivity index (χ1n) is 8.05. The second-order valence-corrected chi connectivity index (χ2v) is 6.50. The van der Waals surface area contributed by atoms with Gasteiger partial charge in [-0.3, -0.25) is 0 Å². The molecule has 2 rings (SSSR count). The summed E-state index contributed by atoms with van der Waals surface area (Å²) in [5.74, 6) is 3.30. The van der Waals surface area contributed by atoms with E-state index in [0.29, 0.717) is 24.5 Å². The van der Waals surface area contributed by atoms with Crippen LogP contribution in [0.15, 0.2) is 16.5 Å². The van der Waals surface area contributed by atoms with E-state index in [1.165, 1.54) is 25.7 Å². The Morgan fingerprint density at radius 3 is 2.75 bits per heavy atom. The molecule has 2 atom stereocenters. The molecule has 0 aromatic carbocycles. The lowest BCUT2D eigenvalue weighted by Gasteiger charge is -2.28. The zero-order valence-corrected chi connectivity index (χ0v) is 13.2. The maximum absolute atomic E-state index is 6.02. The molecule has 0 aliphatic heterocycles. The van der Waals surface area contributed by atoms with Crippen LogP contribution in [0.25, 0.3) is 0 Å². The summed E-state index contributed by atoms with van der Waals surface area (Å²) in [6, 6.07) is 4.09. The summed E-state index contributed by atoms with van der Waals surface area (Å²) in [5.41, 5.74) is 0. The molecule has 1 saturated carbocycles. The molecular formula is C17H29NO2. The van der Waals surface area contributed by atoms with E-state index in [4.69, 9.17) is 9.15 Å². The van der Waals surface area contributed by atoms with Gasteiger partial charge >= 0.3 is 0 Å². The molecule has 0 saturated heterocycles. The van der Waals surface area contributed by atoms with Gasteiger partial charge in [0.2, 0.25) is 0 Å². The van der Waals surface area contributed by atoms with Gasteiger partial charge in [0.1, 0.15) is 18.1 Å². The van der Waals surface area contributed by atoms with Crippen LogP contribution in [-0.2, 0) is 17.9 Å². The van der Waals surface area contributed by atoms with Gasteiger partial charge in [-0.25, -0.2) is 0 Å². The molecule has 1 N–H and O–H groups in total. The van der Waals surface area contributed by atoms with Gasteiger partial charge in [0, 0.05) is 0 Å². The molecular weight excluding hydrogens is 250 g/mol. The van der Waals surface area contributed by atoms with Crippen LogP contribution in [-0.4, -0.2) is 12.6 Å². The number of rotatable bonds is 7. The van der Waals surface area contributed by atoms with Crippen molar-refractivity contribution in [1.29, 1.82) is 0 Å². The topological polar surface area (TPSA) is 34.4 Å². The van der Waals surface area contributed by atoms with E-state index in [1.807, 2.05) is 6.07 Å². The number of hydrogen-bond donors (Lipinski definition) is 1. The molecule has 20 heavy (non-hydrogen) atoms. The van der Waals surface area contributed by atoms with Gasteiger partial charge in [-0.2, -0.15) is 0 Å². The van der Waals surface area contributed by atoms with Crippen molar-refractivity contribution in [2.24, 2.45) is 11.8 Å². The Kier molecular flexibility index (Phi) is 6.11. The van der Waals surface area contributed by atoms with Crippen molar-refractivity contribution in [3.8, 4) is 0 Å². The van der Waals surface area contributed by atoms with Gasteiger partial charge in [0.25, 0.3) is 0 Å². The molecule has 1 aromatic heterocycles. The van der Waals surface area contributed by atoms with Crippen molar-refractivity contribution >= 4 is 0 Å². The Bertz CT molecular complexity index is 386. The predicted molar refractivity (Wildman–Crippen MR) is 81.5 cm³/mol. The van der Waals surface area contributed by atoms with Gasteiger partial charge < -0.3 is 14.5 Å². The molecule has 0 bridgehead atoms. The average Bonchev–Trinajstić information content (AvgIpc) is 2.85. The Morgan fingerprint density at radius 1 is 1.25 bits per heavy atom. The summed E-state index contributed by atoms with van der Waals surface area (Å²) in [5, 5.41) is 3.39. The summed E-state index contributed by atoms with van der Waals surface area (Å²) in [6.07, 6.45) is 5.57. The quantitative estimate of drug-likeness (QED) is 0.815. The van der Waals surface area contributed by atoms with E-state index >= 15 is 0 Å². The second kappa shape index (κ2) is 7.84. The molecule has 3 nitrogen and oxygen atoms in total. The highest BCUT2D eigenvalue weighted by Crippen LogP contribution is 2.27. The molecule has 2 unspecified atom stereocenters.